The molecule has 0 aromatic heterocycles. The molecule has 2 nitrogen and oxygen atoms in total. The topological polar surface area (TPSA) is 21.3 Å². The van der Waals surface area contributed by atoms with E-state index < -0.39 is 0 Å². The maximum absolute atomic E-state index is 5.87. The van der Waals surface area contributed by atoms with E-state index in [1.807, 2.05) is 12.1 Å². The van der Waals surface area contributed by atoms with Crippen LogP contribution in [0.4, 0.5) is 0 Å². The fourth-order valence-corrected chi connectivity index (χ4v) is 2.16. The van der Waals surface area contributed by atoms with Crippen LogP contribution in [0.2, 0.25) is 0 Å². The van der Waals surface area contributed by atoms with E-state index in [-0.39, 0.29) is 6.10 Å². The van der Waals surface area contributed by atoms with E-state index in [4.69, 9.17) is 4.74 Å². The van der Waals surface area contributed by atoms with Gasteiger partial charge in [0.15, 0.2) is 0 Å². The fourth-order valence-electron chi connectivity index (χ4n) is 1.65. The second kappa shape index (κ2) is 8.75. The molecule has 96 valence electrons. The lowest BCUT2D eigenvalue weighted by Crippen LogP contribution is -2.19. The molecule has 1 N–H and O–H groups in total. The van der Waals surface area contributed by atoms with Crippen LogP contribution in [0.1, 0.15) is 33.1 Å². The van der Waals surface area contributed by atoms with E-state index in [1.165, 1.54) is 16.4 Å². The van der Waals surface area contributed by atoms with Gasteiger partial charge < -0.3 is 10.1 Å². The Bertz CT molecular complexity index is 317. The number of hydrogen-bond acceptors (Lipinski definition) is 2. The van der Waals surface area contributed by atoms with Crippen molar-refractivity contribution in [3.05, 3.63) is 27.8 Å². The molecule has 0 radical (unpaired) electrons. The van der Waals surface area contributed by atoms with E-state index in [0.717, 1.165) is 25.3 Å². The molecule has 1 aromatic carbocycles. The van der Waals surface area contributed by atoms with Gasteiger partial charge in [0, 0.05) is 3.57 Å². The standard InChI is InChI=1S/C14H22INO/c1-3-9-16-10-5-6-12(2)17-14-8-4-7-13(15)11-14/h4,7-8,11-12,16H,3,5-6,9-10H2,1-2H3. The number of hydrogen-bond donors (Lipinski definition) is 1. The summed E-state index contributed by atoms with van der Waals surface area (Å²) in [6.07, 6.45) is 3.76. The zero-order chi connectivity index (χ0) is 12.5. The summed E-state index contributed by atoms with van der Waals surface area (Å²) in [6, 6.07) is 8.21. The molecule has 0 bridgehead atoms. The highest BCUT2D eigenvalue weighted by Crippen LogP contribution is 2.17. The minimum absolute atomic E-state index is 0.289. The van der Waals surface area contributed by atoms with Gasteiger partial charge in [-0.15, -0.1) is 0 Å². The van der Waals surface area contributed by atoms with Gasteiger partial charge in [-0.2, -0.15) is 0 Å². The SMILES string of the molecule is CCCNCCCC(C)Oc1cccc(I)c1. The van der Waals surface area contributed by atoms with E-state index >= 15 is 0 Å². The van der Waals surface area contributed by atoms with Crippen molar-refractivity contribution in [3.63, 3.8) is 0 Å². The minimum atomic E-state index is 0.289. The molecule has 0 fully saturated rings. The maximum Gasteiger partial charge on any atom is 0.120 e. The number of ether oxygens (including phenoxy) is 1. The highest BCUT2D eigenvalue weighted by atomic mass is 127. The van der Waals surface area contributed by atoms with E-state index in [9.17, 15) is 0 Å². The van der Waals surface area contributed by atoms with Crippen LogP contribution in [0.3, 0.4) is 0 Å². The third kappa shape index (κ3) is 6.88. The third-order valence-electron chi connectivity index (χ3n) is 2.52. The normalized spacial score (nSPS) is 12.4. The van der Waals surface area contributed by atoms with Gasteiger partial charge in [0.2, 0.25) is 0 Å². The summed E-state index contributed by atoms with van der Waals surface area (Å²) >= 11 is 2.31. The molecule has 0 aliphatic carbocycles. The van der Waals surface area contributed by atoms with Crippen LogP contribution in [0.5, 0.6) is 5.75 Å². The number of benzene rings is 1. The number of nitrogens with one attached hydrogen (secondary N) is 1. The molecule has 1 aromatic rings. The average Bonchev–Trinajstić information content (AvgIpc) is 2.29. The Labute approximate surface area is 118 Å². The predicted octanol–water partition coefficient (Wildman–Crippen LogP) is 3.84. The molecular formula is C14H22INO. The van der Waals surface area contributed by atoms with Crippen molar-refractivity contribution >= 4 is 22.6 Å². The van der Waals surface area contributed by atoms with Gasteiger partial charge in [-0.3, -0.25) is 0 Å². The monoisotopic (exact) mass is 347 g/mol. The first-order chi connectivity index (χ1) is 8.22. The molecule has 3 heteroatoms. The highest BCUT2D eigenvalue weighted by Gasteiger charge is 2.03. The van der Waals surface area contributed by atoms with Crippen molar-refractivity contribution in [2.24, 2.45) is 0 Å². The van der Waals surface area contributed by atoms with Crippen LogP contribution >= 0.6 is 22.6 Å². The van der Waals surface area contributed by atoms with Crippen molar-refractivity contribution in [3.8, 4) is 5.75 Å². The highest BCUT2D eigenvalue weighted by molar-refractivity contribution is 14.1. The van der Waals surface area contributed by atoms with Crippen LogP contribution in [0.25, 0.3) is 0 Å². The van der Waals surface area contributed by atoms with Crippen LogP contribution < -0.4 is 10.1 Å². The van der Waals surface area contributed by atoms with Gasteiger partial charge in [0.25, 0.3) is 0 Å². The predicted molar refractivity (Wildman–Crippen MR) is 81.6 cm³/mol. The maximum atomic E-state index is 5.87. The molecule has 0 saturated carbocycles. The zero-order valence-electron chi connectivity index (χ0n) is 10.7. The van der Waals surface area contributed by atoms with Crippen molar-refractivity contribution in [1.82, 2.24) is 5.32 Å². The Hall–Kier alpha value is -0.290. The van der Waals surface area contributed by atoms with E-state index in [1.54, 1.807) is 0 Å². The average molecular weight is 347 g/mol. The molecule has 0 aliphatic rings. The molecule has 1 atom stereocenters. The lowest BCUT2D eigenvalue weighted by Gasteiger charge is -2.15. The molecule has 0 saturated heterocycles. The second-order valence-corrected chi connectivity index (χ2v) is 5.52. The lowest BCUT2D eigenvalue weighted by molar-refractivity contribution is 0.207. The molecular weight excluding hydrogens is 325 g/mol. The first kappa shape index (κ1) is 14.8. The zero-order valence-corrected chi connectivity index (χ0v) is 12.9. The van der Waals surface area contributed by atoms with Crippen molar-refractivity contribution in [2.75, 3.05) is 13.1 Å². The van der Waals surface area contributed by atoms with Gasteiger partial charge in [-0.25, -0.2) is 0 Å². The molecule has 0 aliphatic heterocycles. The molecule has 1 unspecified atom stereocenters. The Morgan fingerprint density at radius 2 is 2.18 bits per heavy atom. The van der Waals surface area contributed by atoms with Crippen molar-refractivity contribution in [1.29, 1.82) is 0 Å². The third-order valence-corrected chi connectivity index (χ3v) is 3.20. The van der Waals surface area contributed by atoms with Gasteiger partial charge in [-0.1, -0.05) is 13.0 Å². The Kier molecular flexibility index (Phi) is 7.60. The van der Waals surface area contributed by atoms with Gasteiger partial charge >= 0.3 is 0 Å². The van der Waals surface area contributed by atoms with Gasteiger partial charge in [0.1, 0.15) is 5.75 Å². The van der Waals surface area contributed by atoms with Crippen molar-refractivity contribution in [2.45, 2.75) is 39.2 Å². The van der Waals surface area contributed by atoms with Gasteiger partial charge in [0.05, 0.1) is 6.10 Å². The first-order valence-corrected chi connectivity index (χ1v) is 7.43. The van der Waals surface area contributed by atoms with E-state index in [2.05, 4.69) is 53.9 Å². The fraction of sp³-hybridized carbons (Fsp3) is 0.571. The van der Waals surface area contributed by atoms with E-state index in [0.29, 0.717) is 0 Å². The smallest absolute Gasteiger partial charge is 0.120 e. The molecule has 0 spiro atoms. The molecule has 0 heterocycles. The van der Waals surface area contributed by atoms with Crippen LogP contribution in [-0.4, -0.2) is 19.2 Å². The number of halogens is 1. The Balaban J connectivity index is 2.18. The lowest BCUT2D eigenvalue weighted by atomic mass is 10.2. The summed E-state index contributed by atoms with van der Waals surface area (Å²) in [7, 11) is 0. The van der Waals surface area contributed by atoms with Crippen LogP contribution in [0, 0.1) is 3.57 Å². The summed E-state index contributed by atoms with van der Waals surface area (Å²) in [4.78, 5) is 0. The summed E-state index contributed by atoms with van der Waals surface area (Å²) < 4.78 is 7.09. The summed E-state index contributed by atoms with van der Waals surface area (Å²) in [5, 5.41) is 3.41. The quantitative estimate of drug-likeness (QED) is 0.570. The molecule has 1 rings (SSSR count). The van der Waals surface area contributed by atoms with Crippen LogP contribution in [0.15, 0.2) is 24.3 Å². The second-order valence-electron chi connectivity index (χ2n) is 4.28. The largest absolute Gasteiger partial charge is 0.491 e. The summed E-state index contributed by atoms with van der Waals surface area (Å²) in [6.45, 7) is 6.54. The molecule has 17 heavy (non-hydrogen) atoms. The summed E-state index contributed by atoms with van der Waals surface area (Å²) in [5.41, 5.74) is 0. The van der Waals surface area contributed by atoms with Gasteiger partial charge in [-0.05, 0) is 80.1 Å². The number of rotatable bonds is 8. The van der Waals surface area contributed by atoms with Crippen molar-refractivity contribution < 1.29 is 4.74 Å². The minimum Gasteiger partial charge on any atom is -0.491 e. The Morgan fingerprint density at radius 1 is 1.35 bits per heavy atom. The first-order valence-electron chi connectivity index (χ1n) is 6.35. The Morgan fingerprint density at radius 3 is 2.88 bits per heavy atom. The summed E-state index contributed by atoms with van der Waals surface area (Å²) in [5.74, 6) is 0.978. The van der Waals surface area contributed by atoms with Crippen LogP contribution in [-0.2, 0) is 0 Å². The molecule has 0 amide bonds.